The maximum Gasteiger partial charge on any atom is 0.328 e. The third kappa shape index (κ3) is 14.7. The SMILES string of the molecule is COc1ccc(OCC(O)CN2CCN(CC(=O)c3ccccc3)CC2)c(C2Sc3ccccc3N(C)C2=O)c1.O=C(O)/C=C\C(=O)O.O=C(O)/C=C\C(=O)O. The number of methoxy groups -OCH3 is 1. The number of fused-ring (bicyclic) bond motifs is 1. The van der Waals surface area contributed by atoms with Gasteiger partial charge in [0, 0.05) is 80.1 Å². The molecule has 0 aliphatic carbocycles. The summed E-state index contributed by atoms with van der Waals surface area (Å²) in [6, 6.07) is 22.7. The number of carbonyl (C=O) groups excluding carboxylic acids is 2. The second-order valence-corrected chi connectivity index (χ2v) is 13.3. The van der Waals surface area contributed by atoms with E-state index in [0.29, 0.717) is 48.9 Å². The van der Waals surface area contributed by atoms with Gasteiger partial charge in [0.05, 0.1) is 19.3 Å². The summed E-state index contributed by atoms with van der Waals surface area (Å²) in [5, 5.41) is 41.6. The number of para-hydroxylation sites is 1. The minimum atomic E-state index is -1.26. The Hall–Kier alpha value is -6.01. The molecule has 1 saturated heterocycles. The zero-order valence-corrected chi connectivity index (χ0v) is 31.4. The van der Waals surface area contributed by atoms with Crippen molar-refractivity contribution >= 4 is 53.0 Å². The largest absolute Gasteiger partial charge is 0.497 e. The first-order chi connectivity index (χ1) is 26.7. The molecule has 2 unspecified atom stereocenters. The van der Waals surface area contributed by atoms with Crippen molar-refractivity contribution in [3.63, 3.8) is 0 Å². The maximum atomic E-state index is 13.3. The summed E-state index contributed by atoms with van der Waals surface area (Å²) >= 11 is 1.49. The first-order valence-corrected chi connectivity index (χ1v) is 17.9. The average molecular weight is 794 g/mol. The van der Waals surface area contributed by atoms with E-state index < -0.39 is 35.2 Å². The van der Waals surface area contributed by atoms with Crippen LogP contribution < -0.4 is 14.4 Å². The smallest absolute Gasteiger partial charge is 0.328 e. The quantitative estimate of drug-likeness (QED) is 0.117. The van der Waals surface area contributed by atoms with E-state index in [1.807, 2.05) is 60.7 Å². The summed E-state index contributed by atoms with van der Waals surface area (Å²) in [6.07, 6.45) is 1.53. The Morgan fingerprint density at radius 2 is 1.32 bits per heavy atom. The van der Waals surface area contributed by atoms with Gasteiger partial charge in [-0.05, 0) is 30.3 Å². The van der Waals surface area contributed by atoms with Crippen molar-refractivity contribution in [2.24, 2.45) is 0 Å². The van der Waals surface area contributed by atoms with Crippen LogP contribution in [0.15, 0.2) is 102 Å². The lowest BCUT2D eigenvalue weighted by Crippen LogP contribution is -2.50. The third-order valence-electron chi connectivity index (χ3n) is 8.09. The number of carbonyl (C=O) groups is 6. The highest BCUT2D eigenvalue weighted by atomic mass is 32.2. The monoisotopic (exact) mass is 793 g/mol. The summed E-state index contributed by atoms with van der Waals surface area (Å²) in [5.41, 5.74) is 2.35. The number of aliphatic carboxylic acids is 4. The van der Waals surface area contributed by atoms with Crippen LogP contribution in [0.25, 0.3) is 0 Å². The molecular formula is C39H43N3O13S. The van der Waals surface area contributed by atoms with Gasteiger partial charge in [-0.25, -0.2) is 19.2 Å². The summed E-state index contributed by atoms with van der Waals surface area (Å²) in [6.45, 7) is 4.05. The molecule has 0 spiro atoms. The van der Waals surface area contributed by atoms with Gasteiger partial charge in [-0.15, -0.1) is 11.8 Å². The number of aliphatic hydroxyl groups is 1. The van der Waals surface area contributed by atoms with E-state index in [1.165, 1.54) is 11.8 Å². The molecular weight excluding hydrogens is 751 g/mol. The van der Waals surface area contributed by atoms with E-state index in [0.717, 1.165) is 47.9 Å². The molecule has 0 aromatic heterocycles. The molecule has 2 aliphatic rings. The number of amides is 1. The maximum absolute atomic E-state index is 13.3. The molecule has 3 aromatic rings. The van der Waals surface area contributed by atoms with E-state index in [9.17, 15) is 33.9 Å². The zero-order chi connectivity index (χ0) is 41.2. The van der Waals surface area contributed by atoms with E-state index in [2.05, 4.69) is 9.80 Å². The summed E-state index contributed by atoms with van der Waals surface area (Å²) < 4.78 is 11.6. The Kier molecular flexibility index (Phi) is 17.7. The normalized spacial score (nSPS) is 16.1. The fourth-order valence-corrected chi connectivity index (χ4v) is 6.67. The highest BCUT2D eigenvalue weighted by molar-refractivity contribution is 8.00. The van der Waals surface area contributed by atoms with Crippen LogP contribution in [0.4, 0.5) is 5.69 Å². The van der Waals surface area contributed by atoms with Gasteiger partial charge in [0.25, 0.3) is 0 Å². The Bertz CT molecular complexity index is 1830. The summed E-state index contributed by atoms with van der Waals surface area (Å²) in [4.78, 5) is 71.1. The number of carboxylic acids is 4. The minimum Gasteiger partial charge on any atom is -0.497 e. The second kappa shape index (κ2) is 22.4. The number of ketones is 1. The summed E-state index contributed by atoms with van der Waals surface area (Å²) in [5.74, 6) is -3.74. The highest BCUT2D eigenvalue weighted by Crippen LogP contribution is 2.48. The number of likely N-dealkylation sites (N-methyl/N-ethyl adjacent to an activating group) is 1. The molecule has 17 heteroatoms. The number of benzene rings is 3. The zero-order valence-electron chi connectivity index (χ0n) is 30.6. The van der Waals surface area contributed by atoms with Crippen LogP contribution in [0.5, 0.6) is 11.5 Å². The molecule has 5 rings (SSSR count). The van der Waals surface area contributed by atoms with Crippen molar-refractivity contribution in [3.8, 4) is 11.5 Å². The fraction of sp³-hybridized carbons (Fsp3) is 0.282. The number of hydrogen-bond donors (Lipinski definition) is 5. The molecule has 5 N–H and O–H groups in total. The average Bonchev–Trinajstić information content (AvgIpc) is 3.18. The number of β-amino-alcohol motifs (C(OH)–C–C–N with tert-alkyl or cyclic N) is 1. The lowest BCUT2D eigenvalue weighted by molar-refractivity contribution is -0.134. The predicted octanol–water partition coefficient (Wildman–Crippen LogP) is 3.17. The van der Waals surface area contributed by atoms with Crippen LogP contribution in [-0.4, -0.2) is 137 Å². The van der Waals surface area contributed by atoms with Gasteiger partial charge in [-0.3, -0.25) is 19.4 Å². The minimum absolute atomic E-state index is 0.0361. The van der Waals surface area contributed by atoms with Crippen LogP contribution in [0.2, 0.25) is 0 Å². The van der Waals surface area contributed by atoms with Gasteiger partial charge in [-0.2, -0.15) is 0 Å². The number of Topliss-reactive ketones (excluding diaryl/α,β-unsaturated/α-hetero) is 1. The Labute approximate surface area is 326 Å². The van der Waals surface area contributed by atoms with Crippen LogP contribution >= 0.6 is 11.8 Å². The molecule has 3 aromatic carbocycles. The molecule has 298 valence electrons. The molecule has 2 atom stereocenters. The van der Waals surface area contributed by atoms with Crippen LogP contribution in [0.3, 0.4) is 0 Å². The Morgan fingerprint density at radius 3 is 1.88 bits per heavy atom. The number of thioether (sulfide) groups is 1. The van der Waals surface area contributed by atoms with Crippen molar-refractivity contribution < 1.29 is 63.8 Å². The molecule has 0 radical (unpaired) electrons. The van der Waals surface area contributed by atoms with Crippen molar-refractivity contribution in [3.05, 3.63) is 108 Å². The molecule has 0 bridgehead atoms. The Balaban J connectivity index is 0.000000441. The number of carboxylic acid groups (broad SMARTS) is 4. The number of rotatable bonds is 14. The second-order valence-electron chi connectivity index (χ2n) is 12.1. The van der Waals surface area contributed by atoms with Crippen molar-refractivity contribution in [1.82, 2.24) is 9.80 Å². The first kappa shape index (κ1) is 44.4. The lowest BCUT2D eigenvalue weighted by atomic mass is 10.1. The van der Waals surface area contributed by atoms with Gasteiger partial charge in [-0.1, -0.05) is 42.5 Å². The number of anilines is 1. The number of aliphatic hydroxyl groups excluding tert-OH is 1. The molecule has 0 saturated carbocycles. The van der Waals surface area contributed by atoms with Gasteiger partial charge < -0.3 is 39.9 Å². The van der Waals surface area contributed by atoms with Gasteiger partial charge in [0.2, 0.25) is 5.91 Å². The first-order valence-electron chi connectivity index (χ1n) is 17.0. The number of ether oxygens (including phenoxy) is 2. The van der Waals surface area contributed by atoms with Gasteiger partial charge in [0.1, 0.15) is 29.5 Å². The standard InChI is InChI=1S/C31H35N3O5S.2C4H4O4/c1-32-26-10-6-7-11-29(26)40-30(31(32)37)25-18-24(38-2)12-13-28(25)39-21-23(35)19-33-14-16-34(17-15-33)20-27(36)22-8-4-3-5-9-22;2*5-3(6)1-2-4(7)8/h3-13,18,23,30,35H,14-17,19-21H2,1-2H3;2*1-2H,(H,5,6)(H,7,8)/b;2*2-1-. The van der Waals surface area contributed by atoms with E-state index in [1.54, 1.807) is 31.2 Å². The number of piperazine rings is 1. The fourth-order valence-electron chi connectivity index (χ4n) is 5.36. The highest BCUT2D eigenvalue weighted by Gasteiger charge is 2.35. The van der Waals surface area contributed by atoms with Crippen LogP contribution in [0, 0.1) is 0 Å². The lowest BCUT2D eigenvalue weighted by Gasteiger charge is -2.35. The molecule has 16 nitrogen and oxygen atoms in total. The van der Waals surface area contributed by atoms with E-state index in [-0.39, 0.29) is 18.3 Å². The molecule has 1 fully saturated rings. The molecule has 2 aliphatic heterocycles. The van der Waals surface area contributed by atoms with E-state index >= 15 is 0 Å². The predicted molar refractivity (Wildman–Crippen MR) is 205 cm³/mol. The van der Waals surface area contributed by atoms with Gasteiger partial charge >= 0.3 is 23.9 Å². The van der Waals surface area contributed by atoms with Crippen molar-refractivity contribution in [2.45, 2.75) is 16.2 Å². The Morgan fingerprint density at radius 1 is 0.786 bits per heavy atom. The van der Waals surface area contributed by atoms with Crippen LogP contribution in [-0.2, 0) is 24.0 Å². The summed E-state index contributed by atoms with van der Waals surface area (Å²) in [7, 11) is 3.38. The van der Waals surface area contributed by atoms with E-state index in [4.69, 9.17) is 29.9 Å². The number of nitrogens with zero attached hydrogens (tertiary/aromatic N) is 3. The molecule has 1 amide bonds. The molecule has 56 heavy (non-hydrogen) atoms. The topological polar surface area (TPSA) is 232 Å². The van der Waals surface area contributed by atoms with Crippen molar-refractivity contribution in [2.75, 3.05) is 64.9 Å². The third-order valence-corrected chi connectivity index (χ3v) is 9.38. The van der Waals surface area contributed by atoms with Gasteiger partial charge in [0.15, 0.2) is 5.78 Å². The van der Waals surface area contributed by atoms with Crippen LogP contribution in [0.1, 0.15) is 21.2 Å². The molecule has 2 heterocycles. The van der Waals surface area contributed by atoms with Crippen molar-refractivity contribution in [1.29, 1.82) is 0 Å². The number of hydrogen-bond acceptors (Lipinski definition) is 12.